The van der Waals surface area contributed by atoms with E-state index in [0.717, 1.165) is 0 Å². The minimum Gasteiger partial charge on any atom is -0.465 e. The molecule has 0 unspecified atom stereocenters. The molecule has 0 radical (unpaired) electrons. The van der Waals surface area contributed by atoms with Gasteiger partial charge in [0.15, 0.2) is 5.79 Å². The highest BCUT2D eigenvalue weighted by Crippen LogP contribution is 2.46. The van der Waals surface area contributed by atoms with Gasteiger partial charge in [0.25, 0.3) is 0 Å². The molecule has 4 atom stereocenters. The molecule has 1 aliphatic heterocycles. The van der Waals surface area contributed by atoms with Crippen molar-refractivity contribution < 1.29 is 23.8 Å². The zero-order valence-corrected chi connectivity index (χ0v) is 14.5. The van der Waals surface area contributed by atoms with Gasteiger partial charge in [-0.2, -0.15) is 0 Å². The van der Waals surface area contributed by atoms with Crippen molar-refractivity contribution in [1.82, 2.24) is 5.32 Å². The Labute approximate surface area is 137 Å². The lowest BCUT2D eigenvalue weighted by Crippen LogP contribution is -2.56. The second kappa shape index (κ2) is 6.61. The van der Waals surface area contributed by atoms with E-state index in [0.29, 0.717) is 19.4 Å². The minimum atomic E-state index is -0.929. The van der Waals surface area contributed by atoms with Gasteiger partial charge in [-0.15, -0.1) is 0 Å². The molecule has 1 aliphatic carbocycles. The summed E-state index contributed by atoms with van der Waals surface area (Å²) in [7, 11) is 0. The first-order valence-corrected chi connectivity index (χ1v) is 8.31. The first-order chi connectivity index (χ1) is 10.8. The molecule has 0 bridgehead atoms. The first-order valence-electron chi connectivity index (χ1n) is 8.31. The van der Waals surface area contributed by atoms with E-state index in [4.69, 9.17) is 14.2 Å². The van der Waals surface area contributed by atoms with Gasteiger partial charge in [0, 0.05) is 6.92 Å². The van der Waals surface area contributed by atoms with E-state index in [1.807, 2.05) is 19.9 Å². The fourth-order valence-corrected chi connectivity index (χ4v) is 3.29. The van der Waals surface area contributed by atoms with Crippen molar-refractivity contribution in [3.05, 3.63) is 12.2 Å². The van der Waals surface area contributed by atoms with Gasteiger partial charge in [-0.3, -0.25) is 9.59 Å². The third-order valence-electron chi connectivity index (χ3n) is 4.75. The molecule has 23 heavy (non-hydrogen) atoms. The third kappa shape index (κ3) is 3.15. The highest BCUT2D eigenvalue weighted by atomic mass is 16.8. The van der Waals surface area contributed by atoms with E-state index in [2.05, 4.69) is 5.32 Å². The van der Waals surface area contributed by atoms with Crippen molar-refractivity contribution in [3.8, 4) is 0 Å². The number of carbonyl (C=O) groups is 2. The molecule has 1 N–H and O–H groups in total. The SMILES string of the molecule is CCOC(=O)[C@]1(C)C=C[C@@H](NC(C)=O)[C@@H]2OC(CC)(CC)O[C@@H]21. The molecule has 0 aromatic heterocycles. The van der Waals surface area contributed by atoms with E-state index >= 15 is 0 Å². The number of hydrogen-bond donors (Lipinski definition) is 1. The summed E-state index contributed by atoms with van der Waals surface area (Å²) in [6.07, 6.45) is 4.01. The van der Waals surface area contributed by atoms with Crippen LogP contribution in [0.1, 0.15) is 47.5 Å². The summed E-state index contributed by atoms with van der Waals surface area (Å²) in [5.41, 5.74) is -0.929. The Morgan fingerprint density at radius 1 is 1.22 bits per heavy atom. The van der Waals surface area contributed by atoms with Crippen LogP contribution in [-0.4, -0.2) is 42.5 Å². The van der Waals surface area contributed by atoms with Crippen molar-refractivity contribution in [2.24, 2.45) is 5.41 Å². The molecule has 2 aliphatic rings. The number of ether oxygens (including phenoxy) is 3. The minimum absolute atomic E-state index is 0.146. The molecule has 1 fully saturated rings. The summed E-state index contributed by atoms with van der Waals surface area (Å²) in [5.74, 6) is -1.21. The van der Waals surface area contributed by atoms with Crippen molar-refractivity contribution in [2.45, 2.75) is 71.5 Å². The molecular formula is C17H27NO5. The standard InChI is InChI=1S/C17H27NO5/c1-6-17(7-2)22-13-12(18-11(4)19)9-10-16(5,14(13)23-17)15(20)21-8-3/h9-10,12-14H,6-8H2,1-5H3,(H,18,19)/t12-,13+,14+,16-/m1/s1. The van der Waals surface area contributed by atoms with Crippen LogP contribution < -0.4 is 5.32 Å². The normalized spacial score (nSPS) is 34.7. The number of nitrogens with one attached hydrogen (secondary N) is 1. The topological polar surface area (TPSA) is 73.9 Å². The van der Waals surface area contributed by atoms with Gasteiger partial charge in [-0.1, -0.05) is 26.0 Å². The van der Waals surface area contributed by atoms with Crippen LogP contribution in [0.15, 0.2) is 12.2 Å². The Morgan fingerprint density at radius 2 is 1.87 bits per heavy atom. The van der Waals surface area contributed by atoms with Gasteiger partial charge in [-0.25, -0.2) is 0 Å². The molecule has 0 saturated carbocycles. The summed E-state index contributed by atoms with van der Waals surface area (Å²) >= 11 is 0. The number of esters is 1. The Bertz CT molecular complexity index is 499. The van der Waals surface area contributed by atoms with E-state index in [1.54, 1.807) is 19.9 Å². The molecule has 0 aromatic rings. The fraction of sp³-hybridized carbons (Fsp3) is 0.765. The Hall–Kier alpha value is -1.40. The lowest BCUT2D eigenvalue weighted by molar-refractivity contribution is -0.190. The summed E-state index contributed by atoms with van der Waals surface area (Å²) < 4.78 is 17.6. The number of amides is 1. The highest BCUT2D eigenvalue weighted by molar-refractivity contribution is 5.80. The van der Waals surface area contributed by atoms with Crippen molar-refractivity contribution in [3.63, 3.8) is 0 Å². The van der Waals surface area contributed by atoms with Crippen LogP contribution in [0.2, 0.25) is 0 Å². The average molecular weight is 325 g/mol. The lowest BCUT2D eigenvalue weighted by atomic mass is 9.75. The second-order valence-corrected chi connectivity index (χ2v) is 6.33. The highest BCUT2D eigenvalue weighted by Gasteiger charge is 2.59. The Balaban J connectivity index is 2.38. The van der Waals surface area contributed by atoms with Gasteiger partial charge in [-0.05, 0) is 26.7 Å². The van der Waals surface area contributed by atoms with Crippen LogP contribution in [-0.2, 0) is 23.8 Å². The molecule has 6 heteroatoms. The molecule has 1 amide bonds. The van der Waals surface area contributed by atoms with Crippen LogP contribution in [0.25, 0.3) is 0 Å². The summed E-state index contributed by atoms with van der Waals surface area (Å²) in [4.78, 5) is 23.9. The molecule has 1 saturated heterocycles. The molecule has 1 heterocycles. The summed E-state index contributed by atoms with van der Waals surface area (Å²) in [6, 6.07) is -0.319. The zero-order chi connectivity index (χ0) is 17.3. The van der Waals surface area contributed by atoms with E-state index < -0.39 is 23.4 Å². The van der Waals surface area contributed by atoms with Gasteiger partial charge < -0.3 is 19.5 Å². The summed E-state index contributed by atoms with van der Waals surface area (Å²) in [5, 5.41) is 2.86. The number of hydrogen-bond acceptors (Lipinski definition) is 5. The van der Waals surface area contributed by atoms with Crippen LogP contribution in [0, 0.1) is 5.41 Å². The molecule has 6 nitrogen and oxygen atoms in total. The van der Waals surface area contributed by atoms with E-state index in [-0.39, 0.29) is 17.9 Å². The van der Waals surface area contributed by atoms with Gasteiger partial charge in [0.1, 0.15) is 17.6 Å². The molecular weight excluding hydrogens is 298 g/mol. The zero-order valence-electron chi connectivity index (χ0n) is 14.5. The third-order valence-corrected chi connectivity index (χ3v) is 4.75. The summed E-state index contributed by atoms with van der Waals surface area (Å²) in [6.45, 7) is 9.33. The Morgan fingerprint density at radius 3 is 2.39 bits per heavy atom. The monoisotopic (exact) mass is 325 g/mol. The predicted octanol–water partition coefficient (Wildman–Crippen LogP) is 1.93. The lowest BCUT2D eigenvalue weighted by Gasteiger charge is -2.38. The maximum atomic E-state index is 12.5. The van der Waals surface area contributed by atoms with Crippen LogP contribution in [0.3, 0.4) is 0 Å². The Kier molecular flexibility index (Phi) is 5.16. The van der Waals surface area contributed by atoms with Crippen LogP contribution in [0.5, 0.6) is 0 Å². The second-order valence-electron chi connectivity index (χ2n) is 6.33. The molecule has 130 valence electrons. The number of rotatable bonds is 5. The first kappa shape index (κ1) is 17.9. The molecule has 0 aromatic carbocycles. The van der Waals surface area contributed by atoms with Crippen LogP contribution >= 0.6 is 0 Å². The van der Waals surface area contributed by atoms with Gasteiger partial charge >= 0.3 is 5.97 Å². The van der Waals surface area contributed by atoms with E-state index in [1.165, 1.54) is 6.92 Å². The fourth-order valence-electron chi connectivity index (χ4n) is 3.29. The smallest absolute Gasteiger partial charge is 0.318 e. The van der Waals surface area contributed by atoms with Gasteiger partial charge in [0.05, 0.1) is 12.6 Å². The predicted molar refractivity (Wildman–Crippen MR) is 84.5 cm³/mol. The number of carbonyl (C=O) groups excluding carboxylic acids is 2. The van der Waals surface area contributed by atoms with Crippen LogP contribution in [0.4, 0.5) is 0 Å². The molecule has 0 spiro atoms. The number of fused-ring (bicyclic) bond motifs is 1. The van der Waals surface area contributed by atoms with Crippen molar-refractivity contribution >= 4 is 11.9 Å². The van der Waals surface area contributed by atoms with E-state index in [9.17, 15) is 9.59 Å². The quantitative estimate of drug-likeness (QED) is 0.617. The maximum Gasteiger partial charge on any atom is 0.318 e. The molecule has 2 rings (SSSR count). The van der Waals surface area contributed by atoms with Gasteiger partial charge in [0.2, 0.25) is 5.91 Å². The van der Waals surface area contributed by atoms with Crippen molar-refractivity contribution in [1.29, 1.82) is 0 Å². The largest absolute Gasteiger partial charge is 0.465 e. The maximum absolute atomic E-state index is 12.5. The van der Waals surface area contributed by atoms with Crippen molar-refractivity contribution in [2.75, 3.05) is 6.61 Å². The average Bonchev–Trinajstić information content (AvgIpc) is 2.92.